The van der Waals surface area contributed by atoms with Crippen molar-refractivity contribution in [2.24, 2.45) is 5.92 Å². The minimum absolute atomic E-state index is 0.195. The van der Waals surface area contributed by atoms with E-state index in [9.17, 15) is 0 Å². The second-order valence-corrected chi connectivity index (χ2v) is 4.78. The normalized spacial score (nSPS) is 16.5. The molecule has 4 heteroatoms. The fraction of sp³-hybridized carbons (Fsp3) is 0.600. The van der Waals surface area contributed by atoms with Crippen molar-refractivity contribution in [3.8, 4) is 23.6 Å². The molecule has 1 heterocycles. The number of hydrogen-bond donors (Lipinski definition) is 0. The Hall–Kier alpha value is -1.76. The van der Waals surface area contributed by atoms with Crippen LogP contribution in [0.1, 0.15) is 39.5 Å². The van der Waals surface area contributed by atoms with Gasteiger partial charge < -0.3 is 9.47 Å². The average molecular weight is 260 g/mol. The molecule has 1 unspecified atom stereocenters. The third kappa shape index (κ3) is 4.13. The summed E-state index contributed by atoms with van der Waals surface area (Å²) in [6.07, 6.45) is 6.79. The average Bonchev–Trinajstić information content (AvgIpc) is 2.93. The highest BCUT2D eigenvalue weighted by Gasteiger charge is 2.23. The molecule has 1 saturated carbocycles. The smallest absolute Gasteiger partial charge is 0.221 e. The van der Waals surface area contributed by atoms with Gasteiger partial charge >= 0.3 is 0 Å². The Labute approximate surface area is 114 Å². The van der Waals surface area contributed by atoms with Gasteiger partial charge in [-0.2, -0.15) is 0 Å². The lowest BCUT2D eigenvalue weighted by Gasteiger charge is -2.19. The number of ether oxygens (including phenoxy) is 2. The van der Waals surface area contributed by atoms with Crippen molar-refractivity contribution in [3.05, 3.63) is 12.4 Å². The minimum Gasteiger partial charge on any atom is -0.474 e. The number of hydrogen-bond acceptors (Lipinski definition) is 4. The predicted molar refractivity (Wildman–Crippen MR) is 73.0 cm³/mol. The van der Waals surface area contributed by atoms with E-state index in [-0.39, 0.29) is 6.10 Å². The van der Waals surface area contributed by atoms with E-state index in [1.54, 1.807) is 13.0 Å². The highest BCUT2D eigenvalue weighted by atomic mass is 16.5. The maximum absolute atomic E-state index is 5.88. The van der Waals surface area contributed by atoms with Crippen LogP contribution in [0.4, 0.5) is 0 Å². The fourth-order valence-corrected chi connectivity index (χ4v) is 2.36. The van der Waals surface area contributed by atoms with Crippen molar-refractivity contribution in [1.29, 1.82) is 0 Å². The van der Waals surface area contributed by atoms with Crippen LogP contribution in [-0.4, -0.2) is 22.7 Å². The highest BCUT2D eigenvalue weighted by Crippen LogP contribution is 2.29. The van der Waals surface area contributed by atoms with Crippen molar-refractivity contribution >= 4 is 0 Å². The Morgan fingerprint density at radius 1 is 1.32 bits per heavy atom. The van der Waals surface area contributed by atoms with Gasteiger partial charge in [0.15, 0.2) is 6.61 Å². The van der Waals surface area contributed by atoms with E-state index in [2.05, 4.69) is 28.7 Å². The second kappa shape index (κ2) is 6.98. The molecule has 1 fully saturated rings. The molecule has 0 saturated heterocycles. The van der Waals surface area contributed by atoms with E-state index in [0.29, 0.717) is 24.3 Å². The fourth-order valence-electron chi connectivity index (χ4n) is 2.36. The largest absolute Gasteiger partial charge is 0.474 e. The molecular formula is C15H20N2O2. The molecule has 0 amide bonds. The van der Waals surface area contributed by atoms with Crippen LogP contribution in [0.25, 0.3) is 0 Å². The quantitative estimate of drug-likeness (QED) is 0.764. The summed E-state index contributed by atoms with van der Waals surface area (Å²) in [5.41, 5.74) is 0. The molecule has 102 valence electrons. The van der Waals surface area contributed by atoms with Crippen LogP contribution >= 0.6 is 0 Å². The van der Waals surface area contributed by atoms with Gasteiger partial charge in [-0.25, -0.2) is 9.97 Å². The Kier molecular flexibility index (Phi) is 5.02. The van der Waals surface area contributed by atoms with E-state index < -0.39 is 0 Å². The first kappa shape index (κ1) is 13.7. The minimum atomic E-state index is 0.195. The summed E-state index contributed by atoms with van der Waals surface area (Å²) in [5, 5.41) is 0. The summed E-state index contributed by atoms with van der Waals surface area (Å²) in [7, 11) is 0. The summed E-state index contributed by atoms with van der Waals surface area (Å²) in [5.74, 6) is 7.33. The third-order valence-corrected chi connectivity index (χ3v) is 3.46. The number of aromatic nitrogens is 2. The van der Waals surface area contributed by atoms with Gasteiger partial charge in [-0.15, -0.1) is 5.92 Å². The molecule has 1 aliphatic rings. The Bertz CT molecular complexity index is 459. The van der Waals surface area contributed by atoms with Crippen molar-refractivity contribution in [2.75, 3.05) is 6.61 Å². The van der Waals surface area contributed by atoms with E-state index in [4.69, 9.17) is 9.47 Å². The summed E-state index contributed by atoms with van der Waals surface area (Å²) in [6, 6.07) is 1.72. The van der Waals surface area contributed by atoms with E-state index >= 15 is 0 Å². The standard InChI is InChI=1S/C15H20N2O2/c1-3-4-9-18-14-10-15(17-11-16-14)19-12(2)13-7-5-6-8-13/h10-13H,5-9H2,1-2H3. The lowest BCUT2D eigenvalue weighted by molar-refractivity contribution is 0.146. The number of nitrogens with zero attached hydrogens (tertiary/aromatic N) is 2. The predicted octanol–water partition coefficient (Wildman–Crippen LogP) is 2.84. The van der Waals surface area contributed by atoms with Gasteiger partial charge in [-0.05, 0) is 32.6 Å². The molecule has 1 aromatic rings. The summed E-state index contributed by atoms with van der Waals surface area (Å²) in [4.78, 5) is 8.16. The molecule has 1 atom stereocenters. The first-order chi connectivity index (χ1) is 9.29. The Morgan fingerprint density at radius 3 is 2.79 bits per heavy atom. The molecule has 19 heavy (non-hydrogen) atoms. The van der Waals surface area contributed by atoms with Crippen LogP contribution in [0.5, 0.6) is 11.8 Å². The van der Waals surface area contributed by atoms with Crippen molar-refractivity contribution in [2.45, 2.75) is 45.6 Å². The van der Waals surface area contributed by atoms with E-state index in [1.165, 1.54) is 32.0 Å². The van der Waals surface area contributed by atoms with Crippen molar-refractivity contribution in [3.63, 3.8) is 0 Å². The lowest BCUT2D eigenvalue weighted by Crippen LogP contribution is -2.21. The van der Waals surface area contributed by atoms with Gasteiger partial charge in [0, 0.05) is 0 Å². The van der Waals surface area contributed by atoms with E-state index in [1.807, 2.05) is 0 Å². The van der Waals surface area contributed by atoms with E-state index in [0.717, 1.165) is 0 Å². The number of rotatable bonds is 5. The van der Waals surface area contributed by atoms with Gasteiger partial charge in [-0.3, -0.25) is 0 Å². The molecule has 1 aromatic heterocycles. The Morgan fingerprint density at radius 2 is 2.05 bits per heavy atom. The van der Waals surface area contributed by atoms with Gasteiger partial charge in [0.05, 0.1) is 6.07 Å². The maximum atomic E-state index is 5.88. The molecule has 2 rings (SSSR count). The SMILES string of the molecule is CC#CCOc1cc(OC(C)C2CCCC2)ncn1. The molecule has 0 aliphatic heterocycles. The van der Waals surface area contributed by atoms with Crippen LogP contribution in [0.3, 0.4) is 0 Å². The highest BCUT2D eigenvalue weighted by molar-refractivity contribution is 5.19. The molecular weight excluding hydrogens is 240 g/mol. The zero-order valence-electron chi connectivity index (χ0n) is 11.6. The molecule has 0 spiro atoms. The summed E-state index contributed by atoms with van der Waals surface area (Å²) < 4.78 is 11.3. The molecule has 0 bridgehead atoms. The zero-order valence-corrected chi connectivity index (χ0v) is 11.6. The lowest BCUT2D eigenvalue weighted by atomic mass is 10.0. The van der Waals surface area contributed by atoms with Gasteiger partial charge in [0.1, 0.15) is 12.4 Å². The van der Waals surface area contributed by atoms with Crippen LogP contribution < -0.4 is 9.47 Å². The summed E-state index contributed by atoms with van der Waals surface area (Å²) >= 11 is 0. The molecule has 0 radical (unpaired) electrons. The Balaban J connectivity index is 1.91. The monoisotopic (exact) mass is 260 g/mol. The van der Waals surface area contributed by atoms with Crippen molar-refractivity contribution in [1.82, 2.24) is 9.97 Å². The van der Waals surface area contributed by atoms with Crippen LogP contribution in [0, 0.1) is 17.8 Å². The molecule has 0 aromatic carbocycles. The van der Waals surface area contributed by atoms with Crippen molar-refractivity contribution < 1.29 is 9.47 Å². The molecule has 1 aliphatic carbocycles. The van der Waals surface area contributed by atoms with Crippen LogP contribution in [-0.2, 0) is 0 Å². The maximum Gasteiger partial charge on any atom is 0.221 e. The zero-order chi connectivity index (χ0) is 13.5. The molecule has 4 nitrogen and oxygen atoms in total. The topological polar surface area (TPSA) is 44.2 Å². The van der Waals surface area contributed by atoms with Crippen LogP contribution in [0.2, 0.25) is 0 Å². The second-order valence-electron chi connectivity index (χ2n) is 4.78. The van der Waals surface area contributed by atoms with Gasteiger partial charge in [0.2, 0.25) is 11.8 Å². The van der Waals surface area contributed by atoms with Gasteiger partial charge in [0.25, 0.3) is 0 Å². The first-order valence-electron chi connectivity index (χ1n) is 6.80. The van der Waals surface area contributed by atoms with Gasteiger partial charge in [-0.1, -0.05) is 18.8 Å². The van der Waals surface area contributed by atoms with Crippen LogP contribution in [0.15, 0.2) is 12.4 Å². The third-order valence-electron chi connectivity index (χ3n) is 3.46. The summed E-state index contributed by atoms with van der Waals surface area (Å²) in [6.45, 7) is 4.23. The molecule has 0 N–H and O–H groups in total. The first-order valence-corrected chi connectivity index (χ1v) is 6.80.